The minimum absolute atomic E-state index is 0.105. The lowest BCUT2D eigenvalue weighted by molar-refractivity contribution is 0.0688. The Morgan fingerprint density at radius 2 is 2.32 bits per heavy atom. The number of carboxylic acids is 1. The Balaban J connectivity index is 2.33. The molecular weight excluding hydrogens is 312 g/mol. The molecule has 2 heterocycles. The zero-order valence-corrected chi connectivity index (χ0v) is 11.8. The smallest absolute Gasteiger partial charge is 0.356 e. The zero-order chi connectivity index (χ0) is 13.6. The maximum Gasteiger partial charge on any atom is 0.356 e. The summed E-state index contributed by atoms with van der Waals surface area (Å²) >= 11 is 3.46. The van der Waals surface area contributed by atoms with Gasteiger partial charge < -0.3 is 9.84 Å². The van der Waals surface area contributed by atoms with E-state index in [9.17, 15) is 9.90 Å². The highest BCUT2D eigenvalue weighted by molar-refractivity contribution is 9.10. The number of carboxylic acid groups (broad SMARTS) is 1. The summed E-state index contributed by atoms with van der Waals surface area (Å²) in [5.74, 6) is -0.267. The molecule has 0 amide bonds. The van der Waals surface area contributed by atoms with Gasteiger partial charge in [-0.15, -0.1) is 0 Å². The first-order chi connectivity index (χ1) is 9.09. The number of aryl methyl sites for hydroxylation is 1. The highest BCUT2D eigenvalue weighted by Crippen LogP contribution is 2.40. The third-order valence-electron chi connectivity index (χ3n) is 3.17. The van der Waals surface area contributed by atoms with Gasteiger partial charge >= 0.3 is 5.97 Å². The number of fused-ring (bicyclic) bond motifs is 3. The maximum atomic E-state index is 11.3. The molecule has 1 aromatic carbocycles. The highest BCUT2D eigenvalue weighted by atomic mass is 79.9. The second kappa shape index (κ2) is 4.38. The molecule has 0 fully saturated rings. The summed E-state index contributed by atoms with van der Waals surface area (Å²) in [4.78, 5) is 11.3. The molecule has 6 heteroatoms. The van der Waals surface area contributed by atoms with E-state index in [0.717, 1.165) is 27.0 Å². The minimum atomic E-state index is -1.00. The van der Waals surface area contributed by atoms with Crippen molar-refractivity contribution in [1.82, 2.24) is 9.78 Å². The van der Waals surface area contributed by atoms with E-state index >= 15 is 0 Å². The molecule has 0 atom stereocenters. The lowest BCUT2D eigenvalue weighted by Gasteiger charge is -2.10. The fourth-order valence-corrected chi connectivity index (χ4v) is 2.89. The van der Waals surface area contributed by atoms with Crippen LogP contribution in [0.4, 0.5) is 0 Å². The van der Waals surface area contributed by atoms with Crippen LogP contribution in [0.1, 0.15) is 16.1 Å². The molecule has 0 bridgehead atoms. The molecule has 5 nitrogen and oxygen atoms in total. The van der Waals surface area contributed by atoms with Crippen molar-refractivity contribution >= 4 is 21.9 Å². The van der Waals surface area contributed by atoms with Crippen LogP contribution < -0.4 is 4.74 Å². The molecule has 0 aliphatic carbocycles. The van der Waals surface area contributed by atoms with Gasteiger partial charge in [-0.05, 0) is 28.1 Å². The first-order valence-electron chi connectivity index (χ1n) is 5.80. The van der Waals surface area contributed by atoms with Crippen molar-refractivity contribution in [3.8, 4) is 17.0 Å². The van der Waals surface area contributed by atoms with Crippen molar-refractivity contribution in [2.24, 2.45) is 7.05 Å². The molecule has 1 aromatic heterocycles. The topological polar surface area (TPSA) is 64.4 Å². The van der Waals surface area contributed by atoms with E-state index in [1.165, 1.54) is 0 Å². The van der Waals surface area contributed by atoms with Crippen molar-refractivity contribution in [1.29, 1.82) is 0 Å². The fourth-order valence-electron chi connectivity index (χ4n) is 2.41. The zero-order valence-electron chi connectivity index (χ0n) is 10.2. The number of halogens is 1. The van der Waals surface area contributed by atoms with Gasteiger partial charge in [0.15, 0.2) is 5.69 Å². The van der Waals surface area contributed by atoms with E-state index in [2.05, 4.69) is 21.0 Å². The molecule has 0 saturated carbocycles. The summed E-state index contributed by atoms with van der Waals surface area (Å²) in [5, 5.41) is 13.3. The third-order valence-corrected chi connectivity index (χ3v) is 3.79. The number of hydrogen-bond donors (Lipinski definition) is 1. The first-order valence-corrected chi connectivity index (χ1v) is 6.59. The first kappa shape index (κ1) is 12.2. The van der Waals surface area contributed by atoms with E-state index in [0.29, 0.717) is 13.0 Å². The molecule has 0 radical (unpaired) electrons. The number of benzene rings is 1. The Labute approximate surface area is 117 Å². The van der Waals surface area contributed by atoms with E-state index in [1.54, 1.807) is 11.7 Å². The van der Waals surface area contributed by atoms with Crippen molar-refractivity contribution in [2.45, 2.75) is 6.42 Å². The van der Waals surface area contributed by atoms with Gasteiger partial charge in [-0.2, -0.15) is 5.10 Å². The highest BCUT2D eigenvalue weighted by Gasteiger charge is 2.27. The van der Waals surface area contributed by atoms with Crippen molar-refractivity contribution in [2.75, 3.05) is 6.61 Å². The molecule has 0 unspecified atom stereocenters. The standard InChI is InChI=1S/C13H11BrN2O3/c1-16-11-7(10(15-16)13(17)18)5-6-19-12-8(11)3-2-4-9(12)14/h2-4H,5-6H2,1H3,(H,17,18). The third kappa shape index (κ3) is 1.83. The number of aromatic carboxylic acids is 1. The van der Waals surface area contributed by atoms with Gasteiger partial charge in [0.1, 0.15) is 5.75 Å². The van der Waals surface area contributed by atoms with Crippen molar-refractivity contribution in [3.63, 3.8) is 0 Å². The predicted octanol–water partition coefficient (Wildman–Crippen LogP) is 2.48. The Kier molecular flexibility index (Phi) is 2.82. The molecule has 0 saturated heterocycles. The van der Waals surface area contributed by atoms with Gasteiger partial charge in [0.05, 0.1) is 16.8 Å². The van der Waals surface area contributed by atoms with Crippen LogP contribution >= 0.6 is 15.9 Å². The van der Waals surface area contributed by atoms with Gasteiger partial charge in [0, 0.05) is 24.6 Å². The van der Waals surface area contributed by atoms with E-state index < -0.39 is 5.97 Å². The van der Waals surface area contributed by atoms with Crippen LogP contribution in [-0.2, 0) is 13.5 Å². The summed E-state index contributed by atoms with van der Waals surface area (Å²) in [6.45, 7) is 0.439. The van der Waals surface area contributed by atoms with Crippen LogP contribution in [0.5, 0.6) is 5.75 Å². The summed E-state index contributed by atoms with van der Waals surface area (Å²) < 4.78 is 8.20. The molecule has 98 valence electrons. The molecule has 19 heavy (non-hydrogen) atoms. The van der Waals surface area contributed by atoms with Gasteiger partial charge in [-0.3, -0.25) is 4.68 Å². The van der Waals surface area contributed by atoms with Crippen LogP contribution in [0.3, 0.4) is 0 Å². The number of hydrogen-bond acceptors (Lipinski definition) is 3. The molecule has 0 spiro atoms. The normalized spacial score (nSPS) is 13.2. The Bertz CT molecular complexity index is 679. The Hall–Kier alpha value is -1.82. The minimum Gasteiger partial charge on any atom is -0.491 e. The maximum absolute atomic E-state index is 11.3. The number of carbonyl (C=O) groups is 1. The number of nitrogens with zero attached hydrogens (tertiary/aromatic N) is 2. The summed E-state index contributed by atoms with van der Waals surface area (Å²) in [6, 6.07) is 5.71. The SMILES string of the molecule is Cn1nc(C(=O)O)c2c1-c1cccc(Br)c1OCC2. The van der Waals surface area contributed by atoms with Crippen LogP contribution in [0.2, 0.25) is 0 Å². The molecule has 1 aliphatic rings. The predicted molar refractivity (Wildman–Crippen MR) is 72.5 cm³/mol. The summed E-state index contributed by atoms with van der Waals surface area (Å²) in [7, 11) is 1.75. The Morgan fingerprint density at radius 3 is 3.05 bits per heavy atom. The number of ether oxygens (including phenoxy) is 1. The molecule has 3 rings (SSSR count). The lowest BCUT2D eigenvalue weighted by Crippen LogP contribution is -2.05. The van der Waals surface area contributed by atoms with E-state index in [4.69, 9.17) is 4.74 Å². The summed E-state index contributed by atoms with van der Waals surface area (Å²) in [5.41, 5.74) is 2.51. The molecule has 1 aliphatic heterocycles. The monoisotopic (exact) mass is 322 g/mol. The molecule has 1 N–H and O–H groups in total. The van der Waals surface area contributed by atoms with Gasteiger partial charge in [-0.25, -0.2) is 4.79 Å². The van der Waals surface area contributed by atoms with E-state index in [1.807, 2.05) is 18.2 Å². The van der Waals surface area contributed by atoms with Crippen LogP contribution in [0.25, 0.3) is 11.3 Å². The number of rotatable bonds is 1. The second-order valence-electron chi connectivity index (χ2n) is 4.32. The summed E-state index contributed by atoms with van der Waals surface area (Å²) in [6.07, 6.45) is 0.534. The number of aromatic nitrogens is 2. The van der Waals surface area contributed by atoms with Crippen molar-refractivity contribution in [3.05, 3.63) is 33.9 Å². The molecule has 2 aromatic rings. The number of para-hydroxylation sites is 1. The molecular formula is C13H11BrN2O3. The van der Waals surface area contributed by atoms with Crippen molar-refractivity contribution < 1.29 is 14.6 Å². The second-order valence-corrected chi connectivity index (χ2v) is 5.17. The van der Waals surface area contributed by atoms with Crippen LogP contribution in [-0.4, -0.2) is 27.5 Å². The quantitative estimate of drug-likeness (QED) is 0.876. The van der Waals surface area contributed by atoms with E-state index in [-0.39, 0.29) is 5.69 Å². The average Bonchev–Trinajstić information content (AvgIpc) is 2.57. The van der Waals surface area contributed by atoms with Crippen LogP contribution in [0, 0.1) is 0 Å². The Morgan fingerprint density at radius 1 is 1.53 bits per heavy atom. The lowest BCUT2D eigenvalue weighted by atomic mass is 10.0. The fraction of sp³-hybridized carbons (Fsp3) is 0.231. The van der Waals surface area contributed by atoms with Crippen LogP contribution in [0.15, 0.2) is 22.7 Å². The van der Waals surface area contributed by atoms with Gasteiger partial charge in [0.2, 0.25) is 0 Å². The largest absolute Gasteiger partial charge is 0.491 e. The van der Waals surface area contributed by atoms with Gasteiger partial charge in [0.25, 0.3) is 0 Å². The van der Waals surface area contributed by atoms with Gasteiger partial charge in [-0.1, -0.05) is 6.07 Å². The average molecular weight is 323 g/mol.